The van der Waals surface area contributed by atoms with Crippen LogP contribution >= 0.6 is 0 Å². The largest absolute Gasteiger partial charge is 0.380 e. The van der Waals surface area contributed by atoms with Crippen molar-refractivity contribution in [2.75, 3.05) is 26.8 Å². The number of rotatable bonds is 7. The lowest BCUT2D eigenvalue weighted by molar-refractivity contribution is 0.0774. The highest BCUT2D eigenvalue weighted by Crippen LogP contribution is 2.14. The molecule has 21 heavy (non-hydrogen) atoms. The van der Waals surface area contributed by atoms with Crippen LogP contribution in [-0.4, -0.2) is 41.3 Å². The van der Waals surface area contributed by atoms with Crippen molar-refractivity contribution >= 4 is 10.0 Å². The Balaban J connectivity index is 1.95. The summed E-state index contributed by atoms with van der Waals surface area (Å²) in [6.45, 7) is 2.14. The number of benzene rings is 1. The molecule has 2 rings (SSSR count). The second-order valence-electron chi connectivity index (χ2n) is 5.39. The molecule has 6 heteroatoms. The fraction of sp³-hybridized carbons (Fsp3) is 0.600. The van der Waals surface area contributed by atoms with Crippen molar-refractivity contribution in [3.8, 4) is 0 Å². The second-order valence-corrected chi connectivity index (χ2v) is 7.10. The van der Waals surface area contributed by atoms with Crippen molar-refractivity contribution in [1.82, 2.24) is 10.0 Å². The van der Waals surface area contributed by atoms with E-state index in [9.17, 15) is 8.42 Å². The van der Waals surface area contributed by atoms with Gasteiger partial charge in [-0.25, -0.2) is 13.1 Å². The van der Waals surface area contributed by atoms with E-state index in [0.717, 1.165) is 44.4 Å². The first-order valence-electron chi connectivity index (χ1n) is 7.45. The predicted octanol–water partition coefficient (Wildman–Crippen LogP) is 1.30. The first kappa shape index (κ1) is 16.4. The van der Waals surface area contributed by atoms with Crippen LogP contribution in [0.15, 0.2) is 29.2 Å². The van der Waals surface area contributed by atoms with E-state index in [1.54, 1.807) is 12.1 Å². The topological polar surface area (TPSA) is 67.4 Å². The Morgan fingerprint density at radius 2 is 2.05 bits per heavy atom. The molecular weight excluding hydrogens is 288 g/mol. The lowest BCUT2D eigenvalue weighted by Gasteiger charge is -2.23. The monoisotopic (exact) mass is 312 g/mol. The van der Waals surface area contributed by atoms with Crippen LogP contribution in [0.3, 0.4) is 0 Å². The molecular formula is C15H24N2O3S. The van der Waals surface area contributed by atoms with Gasteiger partial charge in [0, 0.05) is 12.6 Å². The summed E-state index contributed by atoms with van der Waals surface area (Å²) in [5.41, 5.74) is 1.16. The van der Waals surface area contributed by atoms with Crippen LogP contribution in [0.5, 0.6) is 0 Å². The van der Waals surface area contributed by atoms with Gasteiger partial charge in [0.1, 0.15) is 0 Å². The maximum Gasteiger partial charge on any atom is 0.240 e. The molecule has 1 atom stereocenters. The van der Waals surface area contributed by atoms with E-state index in [2.05, 4.69) is 10.0 Å². The zero-order valence-corrected chi connectivity index (χ0v) is 13.3. The van der Waals surface area contributed by atoms with Gasteiger partial charge in [0.05, 0.1) is 11.5 Å². The molecule has 0 radical (unpaired) electrons. The van der Waals surface area contributed by atoms with Gasteiger partial charge in [0.2, 0.25) is 10.0 Å². The fourth-order valence-electron chi connectivity index (χ4n) is 2.43. The minimum atomic E-state index is -3.44. The molecule has 1 aromatic rings. The normalized spacial score (nSPS) is 19.6. The Bertz CT molecular complexity index is 522. The fourth-order valence-corrected chi connectivity index (χ4v) is 3.68. The Kier molecular flexibility index (Phi) is 6.17. The number of aryl methyl sites for hydroxylation is 1. The number of ether oxygens (including phenoxy) is 1. The maximum absolute atomic E-state index is 12.3. The van der Waals surface area contributed by atoms with Crippen LogP contribution in [0.4, 0.5) is 0 Å². The van der Waals surface area contributed by atoms with Gasteiger partial charge in [0.15, 0.2) is 0 Å². The summed E-state index contributed by atoms with van der Waals surface area (Å²) < 4.78 is 32.6. The van der Waals surface area contributed by atoms with Gasteiger partial charge in [-0.15, -0.1) is 0 Å². The molecule has 1 heterocycles. The summed E-state index contributed by atoms with van der Waals surface area (Å²) in [6, 6.07) is 7.03. The average molecular weight is 312 g/mol. The number of hydrogen-bond donors (Lipinski definition) is 2. The zero-order chi connectivity index (χ0) is 15.1. The van der Waals surface area contributed by atoms with Crippen molar-refractivity contribution in [1.29, 1.82) is 0 Å². The standard InChI is InChI=1S/C15H24N2O3S/c1-16-10-2-4-13-6-8-15(9-7-13)21(18,19)17-14-5-3-11-20-12-14/h6-9,14,16-17H,2-5,10-12H2,1H3. The first-order chi connectivity index (χ1) is 10.1. The molecule has 0 aliphatic carbocycles. The van der Waals surface area contributed by atoms with Crippen LogP contribution < -0.4 is 10.0 Å². The van der Waals surface area contributed by atoms with Crippen molar-refractivity contribution in [2.24, 2.45) is 0 Å². The highest BCUT2D eigenvalue weighted by atomic mass is 32.2. The molecule has 1 unspecified atom stereocenters. The lowest BCUT2D eigenvalue weighted by atomic mass is 10.1. The molecule has 5 nitrogen and oxygen atoms in total. The van der Waals surface area contributed by atoms with E-state index < -0.39 is 10.0 Å². The molecule has 0 amide bonds. The van der Waals surface area contributed by atoms with Gasteiger partial charge in [-0.05, 0) is 57.0 Å². The molecule has 0 aromatic heterocycles. The smallest absolute Gasteiger partial charge is 0.240 e. The third-order valence-electron chi connectivity index (χ3n) is 3.61. The van der Waals surface area contributed by atoms with Gasteiger partial charge in [-0.2, -0.15) is 0 Å². The average Bonchev–Trinajstić information content (AvgIpc) is 2.49. The minimum absolute atomic E-state index is 0.112. The Morgan fingerprint density at radius 1 is 1.29 bits per heavy atom. The molecule has 1 fully saturated rings. The van der Waals surface area contributed by atoms with E-state index in [4.69, 9.17) is 4.74 Å². The summed E-state index contributed by atoms with van der Waals surface area (Å²) in [7, 11) is -1.52. The molecule has 118 valence electrons. The van der Waals surface area contributed by atoms with Crippen molar-refractivity contribution in [2.45, 2.75) is 36.6 Å². The van der Waals surface area contributed by atoms with Crippen LogP contribution in [-0.2, 0) is 21.2 Å². The van der Waals surface area contributed by atoms with Gasteiger partial charge >= 0.3 is 0 Å². The lowest BCUT2D eigenvalue weighted by Crippen LogP contribution is -2.40. The second kappa shape index (κ2) is 7.89. The van der Waals surface area contributed by atoms with Gasteiger partial charge in [0.25, 0.3) is 0 Å². The van der Waals surface area contributed by atoms with Gasteiger partial charge in [-0.3, -0.25) is 0 Å². The summed E-state index contributed by atoms with van der Waals surface area (Å²) in [5, 5.41) is 3.10. The molecule has 0 saturated carbocycles. The van der Waals surface area contributed by atoms with Crippen LogP contribution in [0, 0.1) is 0 Å². The van der Waals surface area contributed by atoms with Gasteiger partial charge in [-0.1, -0.05) is 12.1 Å². The molecule has 2 N–H and O–H groups in total. The molecule has 1 aliphatic rings. The molecule has 1 aromatic carbocycles. The third-order valence-corrected chi connectivity index (χ3v) is 5.14. The summed E-state index contributed by atoms with van der Waals surface area (Å²) >= 11 is 0. The molecule has 0 bridgehead atoms. The van der Waals surface area contributed by atoms with E-state index in [1.807, 2.05) is 19.2 Å². The van der Waals surface area contributed by atoms with Crippen molar-refractivity contribution in [3.63, 3.8) is 0 Å². The van der Waals surface area contributed by atoms with Crippen LogP contribution in [0.1, 0.15) is 24.8 Å². The minimum Gasteiger partial charge on any atom is -0.380 e. The third kappa shape index (κ3) is 5.07. The number of sulfonamides is 1. The van der Waals surface area contributed by atoms with Crippen molar-refractivity contribution < 1.29 is 13.2 Å². The highest BCUT2D eigenvalue weighted by Gasteiger charge is 2.22. The SMILES string of the molecule is CNCCCc1ccc(S(=O)(=O)NC2CCCOC2)cc1. The van der Waals surface area contributed by atoms with E-state index in [1.165, 1.54) is 0 Å². The van der Waals surface area contributed by atoms with E-state index in [-0.39, 0.29) is 6.04 Å². The van der Waals surface area contributed by atoms with E-state index in [0.29, 0.717) is 11.5 Å². The van der Waals surface area contributed by atoms with Crippen LogP contribution in [0.25, 0.3) is 0 Å². The summed E-state index contributed by atoms with van der Waals surface area (Å²) in [5.74, 6) is 0. The Morgan fingerprint density at radius 3 is 2.67 bits per heavy atom. The molecule has 1 saturated heterocycles. The number of nitrogens with one attached hydrogen (secondary N) is 2. The Hall–Kier alpha value is -0.950. The van der Waals surface area contributed by atoms with Crippen molar-refractivity contribution in [3.05, 3.63) is 29.8 Å². The first-order valence-corrected chi connectivity index (χ1v) is 8.94. The predicted molar refractivity (Wildman–Crippen MR) is 82.9 cm³/mol. The maximum atomic E-state index is 12.3. The summed E-state index contributed by atoms with van der Waals surface area (Å²) in [4.78, 5) is 0.324. The highest BCUT2D eigenvalue weighted by molar-refractivity contribution is 7.89. The zero-order valence-electron chi connectivity index (χ0n) is 12.5. The summed E-state index contributed by atoms with van der Waals surface area (Å²) in [6.07, 6.45) is 3.73. The Labute approximate surface area is 127 Å². The molecule has 1 aliphatic heterocycles. The van der Waals surface area contributed by atoms with E-state index >= 15 is 0 Å². The van der Waals surface area contributed by atoms with Gasteiger partial charge < -0.3 is 10.1 Å². The number of hydrogen-bond acceptors (Lipinski definition) is 4. The quantitative estimate of drug-likeness (QED) is 0.745. The van der Waals surface area contributed by atoms with Crippen LogP contribution in [0.2, 0.25) is 0 Å². The molecule has 0 spiro atoms.